The minimum atomic E-state index is -0.115. The Morgan fingerprint density at radius 1 is 0.818 bits per heavy atom. The van der Waals surface area contributed by atoms with Gasteiger partial charge in [0.05, 0.1) is 6.61 Å². The van der Waals surface area contributed by atoms with E-state index in [-0.39, 0.29) is 11.9 Å². The van der Waals surface area contributed by atoms with Crippen LogP contribution >= 0.6 is 0 Å². The zero-order chi connectivity index (χ0) is 16.6. The van der Waals surface area contributed by atoms with Crippen LogP contribution in [0.1, 0.15) is 78.6 Å². The first kappa shape index (κ1) is 20.7. The van der Waals surface area contributed by atoms with Crippen molar-refractivity contribution in [1.29, 1.82) is 0 Å². The Morgan fingerprint density at radius 2 is 1.32 bits per heavy atom. The molecule has 0 saturated carbocycles. The van der Waals surface area contributed by atoms with Crippen LogP contribution in [0.4, 0.5) is 0 Å². The molecule has 128 valence electrons. The van der Waals surface area contributed by atoms with E-state index in [2.05, 4.69) is 0 Å². The molecule has 0 aliphatic heterocycles. The molecule has 0 rings (SSSR count). The highest BCUT2D eigenvalue weighted by atomic mass is 16.5. The Labute approximate surface area is 135 Å². The Hall–Kier alpha value is -1.32. The average Bonchev–Trinajstić information content (AvgIpc) is 2.47. The molecule has 0 radical (unpaired) electrons. The predicted molar refractivity (Wildman–Crippen MR) is 88.6 cm³/mol. The summed E-state index contributed by atoms with van der Waals surface area (Å²) in [4.78, 5) is 22.7. The van der Waals surface area contributed by atoms with Crippen LogP contribution in [-0.2, 0) is 19.1 Å². The van der Waals surface area contributed by atoms with E-state index in [1.807, 2.05) is 26.8 Å². The van der Waals surface area contributed by atoms with Crippen molar-refractivity contribution in [2.75, 3.05) is 13.2 Å². The summed E-state index contributed by atoms with van der Waals surface area (Å²) in [5.74, 6) is -0.197. The molecule has 0 N–H and O–H groups in total. The maximum absolute atomic E-state index is 11.4. The second-order valence-electron chi connectivity index (χ2n) is 5.81. The summed E-state index contributed by atoms with van der Waals surface area (Å²) < 4.78 is 10.1. The molecule has 0 saturated heterocycles. The van der Waals surface area contributed by atoms with Crippen molar-refractivity contribution in [3.8, 4) is 0 Å². The number of unbranched alkanes of at least 4 members (excludes halogenated alkanes) is 5. The van der Waals surface area contributed by atoms with E-state index in [0.717, 1.165) is 50.5 Å². The van der Waals surface area contributed by atoms with Crippen molar-refractivity contribution in [2.45, 2.75) is 78.6 Å². The second-order valence-corrected chi connectivity index (χ2v) is 5.81. The van der Waals surface area contributed by atoms with Gasteiger partial charge in [-0.15, -0.1) is 0 Å². The number of carbonyl (C=O) groups excluding carboxylic acids is 2. The van der Waals surface area contributed by atoms with Crippen LogP contribution in [-0.4, -0.2) is 25.2 Å². The van der Waals surface area contributed by atoms with Gasteiger partial charge in [0, 0.05) is 12.8 Å². The average molecular weight is 312 g/mol. The quantitative estimate of drug-likeness (QED) is 0.284. The summed E-state index contributed by atoms with van der Waals surface area (Å²) in [6.45, 7) is 6.87. The van der Waals surface area contributed by atoms with Crippen molar-refractivity contribution in [3.05, 3.63) is 11.6 Å². The summed E-state index contributed by atoms with van der Waals surface area (Å²) in [7, 11) is 0. The minimum absolute atomic E-state index is 0.0824. The first-order chi connectivity index (χ1) is 10.6. The van der Waals surface area contributed by atoms with Crippen LogP contribution < -0.4 is 0 Å². The molecule has 0 aromatic heterocycles. The fourth-order valence-corrected chi connectivity index (χ4v) is 1.91. The first-order valence-corrected chi connectivity index (χ1v) is 8.50. The Balaban J connectivity index is 3.31. The normalized spacial score (nSPS) is 10.1. The highest BCUT2D eigenvalue weighted by molar-refractivity contribution is 5.69. The summed E-state index contributed by atoms with van der Waals surface area (Å²) in [6, 6.07) is 0. The molecule has 4 heteroatoms. The molecule has 0 heterocycles. The number of ether oxygens (including phenoxy) is 2. The van der Waals surface area contributed by atoms with E-state index < -0.39 is 0 Å². The molecule has 0 bridgehead atoms. The molecule has 0 aromatic rings. The van der Waals surface area contributed by atoms with Crippen LogP contribution in [0.15, 0.2) is 11.6 Å². The number of allylic oxidation sites excluding steroid dienone is 1. The Morgan fingerprint density at radius 3 is 1.82 bits per heavy atom. The number of rotatable bonds is 13. The topological polar surface area (TPSA) is 52.6 Å². The van der Waals surface area contributed by atoms with Gasteiger partial charge in [-0.25, -0.2) is 0 Å². The van der Waals surface area contributed by atoms with Gasteiger partial charge in [0.1, 0.15) is 6.61 Å². The van der Waals surface area contributed by atoms with Gasteiger partial charge in [0.2, 0.25) is 0 Å². The van der Waals surface area contributed by atoms with Gasteiger partial charge in [-0.2, -0.15) is 0 Å². The Bertz CT molecular complexity index is 330. The van der Waals surface area contributed by atoms with Crippen LogP contribution in [0.5, 0.6) is 0 Å². The van der Waals surface area contributed by atoms with Gasteiger partial charge in [0.15, 0.2) is 0 Å². The van der Waals surface area contributed by atoms with Crippen LogP contribution in [0, 0.1) is 0 Å². The molecule has 0 atom stereocenters. The van der Waals surface area contributed by atoms with Crippen LogP contribution in [0.25, 0.3) is 0 Å². The van der Waals surface area contributed by atoms with Crippen LogP contribution in [0.3, 0.4) is 0 Å². The maximum atomic E-state index is 11.4. The molecule has 4 nitrogen and oxygen atoms in total. The lowest BCUT2D eigenvalue weighted by atomic mass is 10.1. The molecule has 0 aliphatic rings. The third-order valence-corrected chi connectivity index (χ3v) is 3.21. The standard InChI is InChI=1S/C18H32O4/c1-4-14-21-17(19)11-9-7-5-6-8-10-12-18(20)22-15-13-16(2)3/h13H,4-12,14-15H2,1-3H3. The van der Waals surface area contributed by atoms with Gasteiger partial charge in [-0.3, -0.25) is 9.59 Å². The van der Waals surface area contributed by atoms with Crippen molar-refractivity contribution < 1.29 is 19.1 Å². The lowest BCUT2D eigenvalue weighted by molar-refractivity contribution is -0.144. The van der Waals surface area contributed by atoms with Gasteiger partial charge < -0.3 is 9.47 Å². The molecule has 0 aliphatic carbocycles. The zero-order valence-corrected chi connectivity index (χ0v) is 14.5. The second kappa shape index (κ2) is 14.6. The summed E-state index contributed by atoms with van der Waals surface area (Å²) in [5, 5.41) is 0. The highest BCUT2D eigenvalue weighted by Gasteiger charge is 2.03. The van der Waals surface area contributed by atoms with E-state index >= 15 is 0 Å². The number of carbonyl (C=O) groups is 2. The fourth-order valence-electron chi connectivity index (χ4n) is 1.91. The smallest absolute Gasteiger partial charge is 0.306 e. The predicted octanol–water partition coefficient (Wildman–Crippen LogP) is 4.57. The summed E-state index contributed by atoms with van der Waals surface area (Å²) in [5.41, 5.74) is 1.16. The third kappa shape index (κ3) is 15.1. The van der Waals surface area contributed by atoms with Gasteiger partial charge in [0.25, 0.3) is 0 Å². The number of esters is 2. The molecular weight excluding hydrogens is 280 g/mol. The molecule has 0 unspecified atom stereocenters. The first-order valence-electron chi connectivity index (χ1n) is 8.50. The monoisotopic (exact) mass is 312 g/mol. The van der Waals surface area contributed by atoms with Gasteiger partial charge in [-0.1, -0.05) is 38.2 Å². The lowest BCUT2D eigenvalue weighted by Gasteiger charge is -2.04. The molecule has 0 aromatic carbocycles. The maximum Gasteiger partial charge on any atom is 0.306 e. The lowest BCUT2D eigenvalue weighted by Crippen LogP contribution is -2.05. The largest absolute Gasteiger partial charge is 0.466 e. The van der Waals surface area contributed by atoms with E-state index in [0.29, 0.717) is 26.1 Å². The SMILES string of the molecule is CCCOC(=O)CCCCCCCCC(=O)OCC=C(C)C. The molecule has 0 spiro atoms. The van der Waals surface area contributed by atoms with Crippen molar-refractivity contribution >= 4 is 11.9 Å². The van der Waals surface area contributed by atoms with E-state index in [1.54, 1.807) is 0 Å². The summed E-state index contributed by atoms with van der Waals surface area (Å²) >= 11 is 0. The van der Waals surface area contributed by atoms with E-state index in [9.17, 15) is 9.59 Å². The zero-order valence-electron chi connectivity index (χ0n) is 14.5. The van der Waals surface area contributed by atoms with E-state index in [1.165, 1.54) is 0 Å². The van der Waals surface area contributed by atoms with Crippen molar-refractivity contribution in [1.82, 2.24) is 0 Å². The molecule has 22 heavy (non-hydrogen) atoms. The van der Waals surface area contributed by atoms with Crippen molar-refractivity contribution in [2.24, 2.45) is 0 Å². The minimum Gasteiger partial charge on any atom is -0.466 e. The molecule has 0 fully saturated rings. The highest BCUT2D eigenvalue weighted by Crippen LogP contribution is 2.09. The van der Waals surface area contributed by atoms with Gasteiger partial charge in [-0.05, 0) is 39.2 Å². The van der Waals surface area contributed by atoms with Gasteiger partial charge >= 0.3 is 11.9 Å². The number of hydrogen-bond acceptors (Lipinski definition) is 4. The fraction of sp³-hybridized carbons (Fsp3) is 0.778. The van der Waals surface area contributed by atoms with Crippen molar-refractivity contribution in [3.63, 3.8) is 0 Å². The van der Waals surface area contributed by atoms with E-state index in [4.69, 9.17) is 9.47 Å². The summed E-state index contributed by atoms with van der Waals surface area (Å²) in [6.07, 6.45) is 9.88. The molecule has 0 amide bonds. The van der Waals surface area contributed by atoms with Crippen LogP contribution in [0.2, 0.25) is 0 Å². The number of hydrogen-bond donors (Lipinski definition) is 0. The third-order valence-electron chi connectivity index (χ3n) is 3.21. The molecular formula is C18H32O4. The Kier molecular flexibility index (Phi) is 13.7.